The lowest BCUT2D eigenvalue weighted by Gasteiger charge is -2.13. The van der Waals surface area contributed by atoms with Crippen molar-refractivity contribution in [1.29, 1.82) is 0 Å². The predicted octanol–water partition coefficient (Wildman–Crippen LogP) is 1.70. The van der Waals surface area contributed by atoms with Gasteiger partial charge in [-0.05, 0) is 27.7 Å². The number of rotatable bonds is 4. The van der Waals surface area contributed by atoms with Gasteiger partial charge in [-0.3, -0.25) is 4.68 Å². The molecule has 7 heteroatoms. The Balaban J connectivity index is 2.29. The number of aromatic nitrogens is 5. The highest BCUT2D eigenvalue weighted by Crippen LogP contribution is 2.21. The molecule has 0 radical (unpaired) electrons. The highest BCUT2D eigenvalue weighted by atomic mass is 35.5. The van der Waals surface area contributed by atoms with Crippen LogP contribution in [0.4, 0.5) is 0 Å². The van der Waals surface area contributed by atoms with Gasteiger partial charge in [0.1, 0.15) is 5.69 Å². The molecular weight excluding hydrogens is 264 g/mol. The van der Waals surface area contributed by atoms with Crippen molar-refractivity contribution in [3.63, 3.8) is 0 Å². The van der Waals surface area contributed by atoms with E-state index in [0.717, 1.165) is 23.6 Å². The van der Waals surface area contributed by atoms with E-state index in [-0.39, 0.29) is 0 Å². The van der Waals surface area contributed by atoms with Crippen LogP contribution in [0.5, 0.6) is 0 Å². The van der Waals surface area contributed by atoms with Gasteiger partial charge in [0.05, 0.1) is 34.7 Å². The molecule has 2 N–H and O–H groups in total. The number of nitrogens with two attached hydrogens (primary N) is 1. The molecule has 0 aliphatic rings. The zero-order chi connectivity index (χ0) is 14.2. The third-order valence-corrected chi connectivity index (χ3v) is 3.46. The number of halogens is 1. The predicted molar refractivity (Wildman–Crippen MR) is 74.0 cm³/mol. The molecule has 0 aliphatic heterocycles. The van der Waals surface area contributed by atoms with E-state index >= 15 is 0 Å². The first kappa shape index (κ1) is 14.0. The summed E-state index contributed by atoms with van der Waals surface area (Å²) in [6, 6.07) is 0. The van der Waals surface area contributed by atoms with E-state index in [2.05, 4.69) is 15.4 Å². The quantitative estimate of drug-likeness (QED) is 0.926. The Morgan fingerprint density at radius 1 is 1.42 bits per heavy atom. The Labute approximate surface area is 117 Å². The minimum atomic E-state index is -0.497. The summed E-state index contributed by atoms with van der Waals surface area (Å²) in [7, 11) is 0. The van der Waals surface area contributed by atoms with Crippen molar-refractivity contribution in [3.8, 4) is 0 Å². The molecule has 0 spiro atoms. The fourth-order valence-electron chi connectivity index (χ4n) is 1.84. The first-order chi connectivity index (χ1) is 8.82. The van der Waals surface area contributed by atoms with Gasteiger partial charge in [0, 0.05) is 6.54 Å². The molecular formula is C12H19ClN6. The van der Waals surface area contributed by atoms with Crippen LogP contribution < -0.4 is 5.73 Å². The van der Waals surface area contributed by atoms with E-state index in [9.17, 15) is 0 Å². The summed E-state index contributed by atoms with van der Waals surface area (Å²) in [6.07, 6.45) is 1.85. The zero-order valence-electron chi connectivity index (χ0n) is 11.7. The Morgan fingerprint density at radius 2 is 2.11 bits per heavy atom. The zero-order valence-corrected chi connectivity index (χ0v) is 12.4. The standard InChI is InChI=1S/C12H19ClN6/c1-5-19-9(11(13)8(2)16-19)6-18-7-10(15-17-18)12(3,4)14/h7H,5-6,14H2,1-4H3. The minimum absolute atomic E-state index is 0.497. The van der Waals surface area contributed by atoms with E-state index in [4.69, 9.17) is 17.3 Å². The smallest absolute Gasteiger partial charge is 0.102 e. The van der Waals surface area contributed by atoms with Crippen molar-refractivity contribution in [3.05, 3.63) is 28.3 Å². The summed E-state index contributed by atoms with van der Waals surface area (Å²) < 4.78 is 3.62. The van der Waals surface area contributed by atoms with Gasteiger partial charge in [-0.15, -0.1) is 5.10 Å². The van der Waals surface area contributed by atoms with Gasteiger partial charge in [0.15, 0.2) is 0 Å². The number of hydrogen-bond donors (Lipinski definition) is 1. The average molecular weight is 283 g/mol. The van der Waals surface area contributed by atoms with Crippen LogP contribution in [0.3, 0.4) is 0 Å². The second-order valence-electron chi connectivity index (χ2n) is 5.18. The first-order valence-corrected chi connectivity index (χ1v) is 6.62. The molecule has 0 aromatic carbocycles. The molecule has 0 atom stereocenters. The summed E-state index contributed by atoms with van der Waals surface area (Å²) in [6.45, 7) is 9.03. The molecule has 2 heterocycles. The van der Waals surface area contributed by atoms with Gasteiger partial charge in [-0.2, -0.15) is 5.10 Å². The second-order valence-corrected chi connectivity index (χ2v) is 5.56. The second kappa shape index (κ2) is 4.94. The molecule has 6 nitrogen and oxygen atoms in total. The Hall–Kier alpha value is -1.40. The highest BCUT2D eigenvalue weighted by Gasteiger charge is 2.19. The Morgan fingerprint density at radius 3 is 2.63 bits per heavy atom. The maximum absolute atomic E-state index is 6.27. The molecule has 0 unspecified atom stereocenters. The van der Waals surface area contributed by atoms with Crippen molar-refractivity contribution in [2.24, 2.45) is 5.73 Å². The van der Waals surface area contributed by atoms with Crippen LogP contribution in [0.2, 0.25) is 5.02 Å². The van der Waals surface area contributed by atoms with Crippen LogP contribution in [0.15, 0.2) is 6.20 Å². The Bertz CT molecular complexity index is 578. The van der Waals surface area contributed by atoms with Gasteiger partial charge in [-0.25, -0.2) is 4.68 Å². The lowest BCUT2D eigenvalue weighted by atomic mass is 10.0. The molecule has 19 heavy (non-hydrogen) atoms. The molecule has 0 bridgehead atoms. The number of hydrogen-bond acceptors (Lipinski definition) is 4. The van der Waals surface area contributed by atoms with Crippen molar-refractivity contribution < 1.29 is 0 Å². The number of nitrogens with zero attached hydrogens (tertiary/aromatic N) is 5. The lowest BCUT2D eigenvalue weighted by Crippen LogP contribution is -2.29. The Kier molecular flexibility index (Phi) is 3.64. The van der Waals surface area contributed by atoms with Gasteiger partial charge in [-0.1, -0.05) is 16.8 Å². The van der Waals surface area contributed by atoms with Crippen LogP contribution in [0.25, 0.3) is 0 Å². The summed E-state index contributed by atoms with van der Waals surface area (Å²) in [5.41, 5.74) is 8.02. The summed E-state index contributed by atoms with van der Waals surface area (Å²) in [5, 5.41) is 13.2. The molecule has 0 amide bonds. The summed E-state index contributed by atoms with van der Waals surface area (Å²) >= 11 is 6.27. The van der Waals surface area contributed by atoms with Crippen LogP contribution in [-0.2, 0) is 18.6 Å². The van der Waals surface area contributed by atoms with Crippen LogP contribution in [0, 0.1) is 6.92 Å². The molecule has 0 saturated carbocycles. The van der Waals surface area contributed by atoms with Gasteiger partial charge in [0.25, 0.3) is 0 Å². The van der Waals surface area contributed by atoms with Crippen molar-refractivity contribution in [1.82, 2.24) is 24.8 Å². The van der Waals surface area contributed by atoms with Crippen LogP contribution in [-0.4, -0.2) is 24.8 Å². The highest BCUT2D eigenvalue weighted by molar-refractivity contribution is 6.31. The number of aryl methyl sites for hydroxylation is 2. The van der Waals surface area contributed by atoms with Crippen molar-refractivity contribution in [2.75, 3.05) is 0 Å². The molecule has 0 saturated heterocycles. The van der Waals surface area contributed by atoms with Gasteiger partial charge < -0.3 is 5.73 Å². The third-order valence-electron chi connectivity index (χ3n) is 2.96. The van der Waals surface area contributed by atoms with Crippen LogP contribution >= 0.6 is 11.6 Å². The fraction of sp³-hybridized carbons (Fsp3) is 0.583. The SMILES string of the molecule is CCn1nc(C)c(Cl)c1Cn1cc(C(C)(C)N)nn1. The topological polar surface area (TPSA) is 74.5 Å². The third kappa shape index (κ3) is 2.79. The lowest BCUT2D eigenvalue weighted by molar-refractivity contribution is 0.533. The average Bonchev–Trinajstić information content (AvgIpc) is 2.89. The normalized spacial score (nSPS) is 12.1. The molecule has 2 aromatic heterocycles. The first-order valence-electron chi connectivity index (χ1n) is 6.24. The van der Waals surface area contributed by atoms with Gasteiger partial charge >= 0.3 is 0 Å². The van der Waals surface area contributed by atoms with Crippen molar-refractivity contribution in [2.45, 2.75) is 46.3 Å². The fourth-order valence-corrected chi connectivity index (χ4v) is 2.04. The summed E-state index contributed by atoms with van der Waals surface area (Å²) in [4.78, 5) is 0. The van der Waals surface area contributed by atoms with E-state index in [1.54, 1.807) is 4.68 Å². The monoisotopic (exact) mass is 282 g/mol. The molecule has 104 valence electrons. The van der Waals surface area contributed by atoms with Crippen molar-refractivity contribution >= 4 is 11.6 Å². The molecule has 2 rings (SSSR count). The van der Waals surface area contributed by atoms with E-state index < -0.39 is 5.54 Å². The maximum atomic E-state index is 6.27. The van der Waals surface area contributed by atoms with E-state index in [0.29, 0.717) is 11.6 Å². The summed E-state index contributed by atoms with van der Waals surface area (Å²) in [5.74, 6) is 0. The van der Waals surface area contributed by atoms with Crippen LogP contribution in [0.1, 0.15) is 37.9 Å². The maximum Gasteiger partial charge on any atom is 0.102 e. The van der Waals surface area contributed by atoms with E-state index in [1.165, 1.54) is 0 Å². The molecule has 0 fully saturated rings. The largest absolute Gasteiger partial charge is 0.320 e. The molecule has 2 aromatic rings. The molecule has 0 aliphatic carbocycles. The van der Waals surface area contributed by atoms with E-state index in [1.807, 2.05) is 38.6 Å². The minimum Gasteiger partial charge on any atom is -0.320 e. The van der Waals surface area contributed by atoms with Gasteiger partial charge in [0.2, 0.25) is 0 Å².